The van der Waals surface area contributed by atoms with Crippen molar-refractivity contribution in [2.75, 3.05) is 31.1 Å². The van der Waals surface area contributed by atoms with Gasteiger partial charge in [-0.25, -0.2) is 8.42 Å². The maximum absolute atomic E-state index is 13.0. The fraction of sp³-hybridized carbons (Fsp3) is 0.160. The number of rotatable bonds is 6. The number of hydrogen-bond donors (Lipinski definition) is 0. The molecule has 0 atom stereocenters. The maximum Gasteiger partial charge on any atom is 0.283 e. The summed E-state index contributed by atoms with van der Waals surface area (Å²) < 4.78 is 27.5. The van der Waals surface area contributed by atoms with Gasteiger partial charge >= 0.3 is 0 Å². The predicted octanol–water partition coefficient (Wildman–Crippen LogP) is 5.46. The number of benzene rings is 3. The Kier molecular flexibility index (Phi) is 6.85. The molecule has 0 spiro atoms. The van der Waals surface area contributed by atoms with E-state index >= 15 is 0 Å². The van der Waals surface area contributed by atoms with Gasteiger partial charge in [0.25, 0.3) is 5.69 Å². The quantitative estimate of drug-likeness (QED) is 0.237. The van der Waals surface area contributed by atoms with Gasteiger partial charge in [0.1, 0.15) is 0 Å². The Morgan fingerprint density at radius 3 is 2.36 bits per heavy atom. The van der Waals surface area contributed by atoms with Crippen molar-refractivity contribution in [1.82, 2.24) is 9.29 Å². The van der Waals surface area contributed by atoms with E-state index in [4.69, 9.17) is 11.6 Å². The van der Waals surface area contributed by atoms with Gasteiger partial charge in [0.2, 0.25) is 10.0 Å². The van der Waals surface area contributed by atoms with Gasteiger partial charge in [-0.1, -0.05) is 41.6 Å². The summed E-state index contributed by atoms with van der Waals surface area (Å²) in [5, 5.41) is 13.2. The molecule has 0 aliphatic carbocycles. The topological polar surface area (TPSA) is 96.6 Å². The molecule has 1 aliphatic rings. The summed E-state index contributed by atoms with van der Waals surface area (Å²) in [6.45, 7) is 1.53. The van der Waals surface area contributed by atoms with E-state index in [1.54, 1.807) is 30.5 Å². The van der Waals surface area contributed by atoms with E-state index in [0.717, 1.165) is 21.5 Å². The minimum absolute atomic E-state index is 0.0145. The first kappa shape index (κ1) is 24.5. The van der Waals surface area contributed by atoms with E-state index in [0.29, 0.717) is 36.1 Å². The van der Waals surface area contributed by atoms with Gasteiger partial charge in [0, 0.05) is 59.4 Å². The van der Waals surface area contributed by atoms with Crippen LogP contribution in [-0.4, -0.2) is 48.8 Å². The summed E-state index contributed by atoms with van der Waals surface area (Å²) in [5.41, 5.74) is 1.60. The summed E-state index contributed by atoms with van der Waals surface area (Å²) in [7, 11) is -3.62. The van der Waals surface area contributed by atoms with E-state index < -0.39 is 10.0 Å². The Balaban J connectivity index is 1.38. The van der Waals surface area contributed by atoms with E-state index in [1.165, 1.54) is 34.3 Å². The third-order valence-corrected chi connectivity index (χ3v) is 9.27. The van der Waals surface area contributed by atoms with Crippen LogP contribution in [0.2, 0.25) is 5.02 Å². The second-order valence-electron chi connectivity index (χ2n) is 8.19. The summed E-state index contributed by atoms with van der Waals surface area (Å²) in [6.07, 6.45) is 1.70. The average Bonchev–Trinajstić information content (AvgIpc) is 2.89. The van der Waals surface area contributed by atoms with Crippen LogP contribution in [0.4, 0.5) is 11.4 Å². The first-order chi connectivity index (χ1) is 17.3. The smallest absolute Gasteiger partial charge is 0.283 e. The number of halogens is 1. The van der Waals surface area contributed by atoms with E-state index in [1.807, 2.05) is 35.2 Å². The van der Waals surface area contributed by atoms with Crippen molar-refractivity contribution in [3.63, 3.8) is 0 Å². The van der Waals surface area contributed by atoms with Crippen LogP contribution in [0.5, 0.6) is 0 Å². The van der Waals surface area contributed by atoms with Gasteiger partial charge in [-0.15, -0.1) is 0 Å². The number of aromatic nitrogens is 1. The molecule has 0 bridgehead atoms. The van der Waals surface area contributed by atoms with Gasteiger partial charge in [-0.05, 0) is 48.5 Å². The average molecular weight is 541 g/mol. The van der Waals surface area contributed by atoms with Crippen LogP contribution in [0.25, 0.3) is 10.9 Å². The highest BCUT2D eigenvalue weighted by molar-refractivity contribution is 7.99. The molecule has 1 saturated heterocycles. The van der Waals surface area contributed by atoms with Crippen molar-refractivity contribution in [2.24, 2.45) is 0 Å². The molecule has 0 N–H and O–H groups in total. The Morgan fingerprint density at radius 2 is 1.64 bits per heavy atom. The molecule has 184 valence electrons. The lowest BCUT2D eigenvalue weighted by molar-refractivity contribution is -0.387. The van der Waals surface area contributed by atoms with E-state index in [-0.39, 0.29) is 15.5 Å². The second kappa shape index (κ2) is 10.1. The first-order valence-corrected chi connectivity index (χ1v) is 13.8. The number of fused-ring (bicyclic) bond motifs is 1. The van der Waals surface area contributed by atoms with Crippen LogP contribution in [0.1, 0.15) is 0 Å². The van der Waals surface area contributed by atoms with E-state index in [2.05, 4.69) is 4.98 Å². The zero-order valence-electron chi connectivity index (χ0n) is 19.0. The lowest BCUT2D eigenvalue weighted by Gasteiger charge is -2.35. The zero-order chi connectivity index (χ0) is 25.3. The standard InChI is InChI=1S/C25H21ClN4O4S2/c26-19-6-9-21(10-7-19)36(33,34)29-15-13-28(14-16-29)20-8-11-22(30(31)32)24(17-20)35-23-5-1-3-18-4-2-12-27-25(18)23/h1-12,17H,13-16H2. The highest BCUT2D eigenvalue weighted by atomic mass is 35.5. The molecule has 11 heteroatoms. The molecule has 0 unspecified atom stereocenters. The Morgan fingerprint density at radius 1 is 0.917 bits per heavy atom. The minimum atomic E-state index is -3.62. The van der Waals surface area contributed by atoms with Crippen molar-refractivity contribution in [2.45, 2.75) is 14.7 Å². The monoisotopic (exact) mass is 540 g/mol. The minimum Gasteiger partial charge on any atom is -0.369 e. The number of pyridine rings is 1. The highest BCUT2D eigenvalue weighted by Gasteiger charge is 2.29. The largest absolute Gasteiger partial charge is 0.369 e. The number of para-hydroxylation sites is 1. The fourth-order valence-corrected chi connectivity index (χ4v) is 6.78. The van der Waals surface area contributed by atoms with Gasteiger partial charge < -0.3 is 4.90 Å². The van der Waals surface area contributed by atoms with Gasteiger partial charge in [-0.3, -0.25) is 15.1 Å². The van der Waals surface area contributed by atoms with Crippen LogP contribution in [0.15, 0.2) is 93.7 Å². The maximum atomic E-state index is 13.0. The fourth-order valence-electron chi connectivity index (χ4n) is 4.15. The van der Waals surface area contributed by atoms with Gasteiger partial charge in [0.15, 0.2) is 0 Å². The predicted molar refractivity (Wildman–Crippen MR) is 141 cm³/mol. The Labute approximate surface area is 217 Å². The lowest BCUT2D eigenvalue weighted by Crippen LogP contribution is -2.48. The molecule has 3 aromatic carbocycles. The summed E-state index contributed by atoms with van der Waals surface area (Å²) in [5.74, 6) is 0. The molecule has 1 fully saturated rings. The Hall–Kier alpha value is -3.18. The summed E-state index contributed by atoms with van der Waals surface area (Å²) >= 11 is 7.20. The molecular weight excluding hydrogens is 520 g/mol. The SMILES string of the molecule is O=[N+]([O-])c1ccc(N2CCN(S(=O)(=O)c3ccc(Cl)cc3)CC2)cc1Sc1cccc2cccnc12. The molecule has 1 aromatic heterocycles. The molecule has 36 heavy (non-hydrogen) atoms. The highest BCUT2D eigenvalue weighted by Crippen LogP contribution is 2.40. The number of hydrogen-bond acceptors (Lipinski definition) is 7. The number of anilines is 1. The molecule has 8 nitrogen and oxygen atoms in total. The van der Waals surface area contributed by atoms with Crippen LogP contribution < -0.4 is 4.90 Å². The van der Waals surface area contributed by atoms with Gasteiger partial charge in [0.05, 0.1) is 20.2 Å². The van der Waals surface area contributed by atoms with Crippen LogP contribution in [0, 0.1) is 10.1 Å². The van der Waals surface area contributed by atoms with Crippen molar-refractivity contribution in [3.8, 4) is 0 Å². The second-order valence-corrected chi connectivity index (χ2v) is 11.6. The number of nitrogens with zero attached hydrogens (tertiary/aromatic N) is 4. The van der Waals surface area contributed by atoms with Crippen molar-refractivity contribution < 1.29 is 13.3 Å². The Bertz CT molecular complexity index is 1530. The molecular formula is C25H21ClN4O4S2. The van der Waals surface area contributed by atoms with Gasteiger partial charge in [-0.2, -0.15) is 4.31 Å². The molecule has 1 aliphatic heterocycles. The molecule has 2 heterocycles. The first-order valence-electron chi connectivity index (χ1n) is 11.1. The zero-order valence-corrected chi connectivity index (χ0v) is 21.3. The van der Waals surface area contributed by atoms with Crippen molar-refractivity contribution in [3.05, 3.63) is 94.1 Å². The van der Waals surface area contributed by atoms with E-state index in [9.17, 15) is 18.5 Å². The third-order valence-electron chi connectivity index (χ3n) is 6.01. The molecule has 0 radical (unpaired) electrons. The summed E-state index contributed by atoms with van der Waals surface area (Å²) in [4.78, 5) is 19.4. The van der Waals surface area contributed by atoms with Crippen LogP contribution >= 0.6 is 23.4 Å². The number of nitro groups is 1. The molecule has 5 rings (SSSR count). The lowest BCUT2D eigenvalue weighted by atomic mass is 10.2. The van der Waals surface area contributed by atoms with Crippen LogP contribution in [0.3, 0.4) is 0 Å². The third kappa shape index (κ3) is 4.90. The number of piperazine rings is 1. The van der Waals surface area contributed by atoms with Crippen molar-refractivity contribution in [1.29, 1.82) is 0 Å². The molecule has 4 aromatic rings. The summed E-state index contributed by atoms with van der Waals surface area (Å²) in [6, 6.07) is 20.7. The van der Waals surface area contributed by atoms with Crippen molar-refractivity contribution >= 4 is 55.7 Å². The van der Waals surface area contributed by atoms with Crippen LogP contribution in [-0.2, 0) is 10.0 Å². The number of sulfonamides is 1. The normalized spacial score (nSPS) is 14.8. The molecule has 0 amide bonds. The molecule has 0 saturated carbocycles. The number of nitro benzene ring substituents is 1.